The van der Waals surface area contributed by atoms with E-state index in [2.05, 4.69) is 17.1 Å². The number of aliphatic carboxylic acids is 1. The molecule has 5 nitrogen and oxygen atoms in total. The Balaban J connectivity index is 3.02. The lowest BCUT2D eigenvalue weighted by Crippen LogP contribution is -2.23. The summed E-state index contributed by atoms with van der Waals surface area (Å²) < 4.78 is 1.70. The van der Waals surface area contributed by atoms with Gasteiger partial charge in [-0.1, -0.05) is 27.7 Å². The number of carboxylic acids is 1. The zero-order valence-electron chi connectivity index (χ0n) is 10.9. The van der Waals surface area contributed by atoms with Crippen LogP contribution in [0.1, 0.15) is 58.3 Å². The van der Waals surface area contributed by atoms with E-state index in [1.165, 1.54) is 6.33 Å². The summed E-state index contributed by atoms with van der Waals surface area (Å²) in [5.41, 5.74) is 0. The summed E-state index contributed by atoms with van der Waals surface area (Å²) in [7, 11) is 0. The van der Waals surface area contributed by atoms with Gasteiger partial charge in [0.05, 0.1) is 0 Å². The summed E-state index contributed by atoms with van der Waals surface area (Å²) in [6.07, 6.45) is 3.05. The van der Waals surface area contributed by atoms with Crippen molar-refractivity contribution in [2.24, 2.45) is 5.92 Å². The summed E-state index contributed by atoms with van der Waals surface area (Å²) in [5, 5.41) is 17.2. The molecule has 1 aromatic heterocycles. The molecule has 0 bridgehead atoms. The van der Waals surface area contributed by atoms with Gasteiger partial charge in [-0.15, -0.1) is 10.2 Å². The zero-order chi connectivity index (χ0) is 13.0. The van der Waals surface area contributed by atoms with E-state index in [4.69, 9.17) is 0 Å². The molecule has 1 N–H and O–H groups in total. The van der Waals surface area contributed by atoms with Crippen molar-refractivity contribution in [1.29, 1.82) is 0 Å². The maximum atomic E-state index is 11.3. The van der Waals surface area contributed by atoms with Gasteiger partial charge in [-0.2, -0.15) is 0 Å². The van der Waals surface area contributed by atoms with Crippen molar-refractivity contribution in [1.82, 2.24) is 14.8 Å². The molecule has 0 aromatic carbocycles. The Hall–Kier alpha value is -1.39. The van der Waals surface area contributed by atoms with E-state index < -0.39 is 12.0 Å². The molecule has 1 aromatic rings. The van der Waals surface area contributed by atoms with Gasteiger partial charge in [0.1, 0.15) is 18.2 Å². The summed E-state index contributed by atoms with van der Waals surface area (Å²) >= 11 is 0. The molecule has 0 saturated heterocycles. The standard InChI is InChI=1S/C12H21N3O2/c1-5-9(4)11-14-13-7-15(11)10(12(16)17)6-8(2)3/h7-10H,5-6H2,1-4H3,(H,16,17). The summed E-state index contributed by atoms with van der Waals surface area (Å²) in [6.45, 7) is 8.13. The molecule has 0 radical (unpaired) electrons. The first-order valence-corrected chi connectivity index (χ1v) is 6.09. The summed E-state index contributed by atoms with van der Waals surface area (Å²) in [5.74, 6) is 0.499. The second-order valence-corrected chi connectivity index (χ2v) is 4.89. The lowest BCUT2D eigenvalue weighted by atomic mass is 10.0. The first-order chi connectivity index (χ1) is 7.97. The smallest absolute Gasteiger partial charge is 0.326 e. The molecule has 17 heavy (non-hydrogen) atoms. The van der Waals surface area contributed by atoms with E-state index in [0.717, 1.165) is 12.2 Å². The highest BCUT2D eigenvalue weighted by atomic mass is 16.4. The van der Waals surface area contributed by atoms with E-state index in [1.807, 2.05) is 20.8 Å². The monoisotopic (exact) mass is 239 g/mol. The Kier molecular flexibility index (Phi) is 4.66. The lowest BCUT2D eigenvalue weighted by molar-refractivity contribution is -0.141. The van der Waals surface area contributed by atoms with E-state index >= 15 is 0 Å². The molecule has 0 fully saturated rings. The van der Waals surface area contributed by atoms with Gasteiger partial charge in [0.25, 0.3) is 0 Å². The minimum atomic E-state index is -0.817. The molecule has 1 heterocycles. The number of aromatic nitrogens is 3. The van der Waals surface area contributed by atoms with Gasteiger partial charge in [-0.3, -0.25) is 0 Å². The molecule has 0 aliphatic carbocycles. The molecular weight excluding hydrogens is 218 g/mol. The average molecular weight is 239 g/mol. The Bertz CT molecular complexity index is 374. The third kappa shape index (κ3) is 3.28. The van der Waals surface area contributed by atoms with Gasteiger partial charge in [0.2, 0.25) is 0 Å². The molecule has 96 valence electrons. The highest BCUT2D eigenvalue weighted by Crippen LogP contribution is 2.24. The van der Waals surface area contributed by atoms with Crippen LogP contribution in [0.3, 0.4) is 0 Å². The predicted molar refractivity (Wildman–Crippen MR) is 64.9 cm³/mol. The van der Waals surface area contributed by atoms with E-state index in [1.54, 1.807) is 4.57 Å². The van der Waals surface area contributed by atoms with E-state index in [9.17, 15) is 9.90 Å². The van der Waals surface area contributed by atoms with Crippen molar-refractivity contribution in [3.63, 3.8) is 0 Å². The fourth-order valence-corrected chi connectivity index (χ4v) is 1.81. The second-order valence-electron chi connectivity index (χ2n) is 4.89. The lowest BCUT2D eigenvalue weighted by Gasteiger charge is -2.19. The third-order valence-electron chi connectivity index (χ3n) is 2.97. The third-order valence-corrected chi connectivity index (χ3v) is 2.97. The first kappa shape index (κ1) is 13.7. The molecule has 0 aliphatic heterocycles. The highest BCUT2D eigenvalue weighted by molar-refractivity contribution is 5.71. The van der Waals surface area contributed by atoms with Gasteiger partial charge >= 0.3 is 5.97 Å². The molecule has 2 atom stereocenters. The number of rotatable bonds is 6. The van der Waals surface area contributed by atoms with Crippen LogP contribution in [0.25, 0.3) is 0 Å². The van der Waals surface area contributed by atoms with Crippen molar-refractivity contribution in [3.8, 4) is 0 Å². The molecule has 0 amide bonds. The largest absolute Gasteiger partial charge is 0.480 e. The van der Waals surface area contributed by atoms with Crippen LogP contribution in [0.2, 0.25) is 0 Å². The Morgan fingerprint density at radius 2 is 2.12 bits per heavy atom. The Labute approximate surface area is 102 Å². The second kappa shape index (κ2) is 5.80. The van der Waals surface area contributed by atoms with E-state index in [0.29, 0.717) is 12.3 Å². The van der Waals surface area contributed by atoms with Crippen molar-refractivity contribution < 1.29 is 9.90 Å². The highest BCUT2D eigenvalue weighted by Gasteiger charge is 2.25. The van der Waals surface area contributed by atoms with Gasteiger partial charge in [0, 0.05) is 5.92 Å². The minimum Gasteiger partial charge on any atom is -0.480 e. The maximum Gasteiger partial charge on any atom is 0.326 e. The van der Waals surface area contributed by atoms with Gasteiger partial charge in [-0.25, -0.2) is 4.79 Å². The summed E-state index contributed by atoms with van der Waals surface area (Å²) in [4.78, 5) is 11.3. The molecule has 0 saturated carbocycles. The summed E-state index contributed by atoms with van der Waals surface area (Å²) in [6, 6.07) is -0.561. The first-order valence-electron chi connectivity index (χ1n) is 6.09. The van der Waals surface area contributed by atoms with E-state index in [-0.39, 0.29) is 5.92 Å². The molecular formula is C12H21N3O2. The molecule has 0 spiro atoms. The zero-order valence-corrected chi connectivity index (χ0v) is 10.9. The van der Waals surface area contributed by atoms with Crippen LogP contribution in [0.4, 0.5) is 0 Å². The Morgan fingerprint density at radius 3 is 2.59 bits per heavy atom. The van der Waals surface area contributed by atoms with Crippen LogP contribution in [0, 0.1) is 5.92 Å². The minimum absolute atomic E-state index is 0.228. The van der Waals surface area contributed by atoms with Crippen LogP contribution in [0.5, 0.6) is 0 Å². The predicted octanol–water partition coefficient (Wildman–Crippen LogP) is 2.46. The molecule has 2 unspecified atom stereocenters. The van der Waals surface area contributed by atoms with Crippen LogP contribution in [-0.4, -0.2) is 25.8 Å². The van der Waals surface area contributed by atoms with Crippen LogP contribution < -0.4 is 0 Å². The maximum absolute atomic E-state index is 11.3. The number of hydrogen-bond donors (Lipinski definition) is 1. The van der Waals surface area contributed by atoms with Crippen LogP contribution >= 0.6 is 0 Å². The number of hydrogen-bond acceptors (Lipinski definition) is 3. The van der Waals surface area contributed by atoms with Gasteiger partial charge in [-0.05, 0) is 18.8 Å². The average Bonchev–Trinajstić information content (AvgIpc) is 2.72. The molecule has 1 rings (SSSR count). The normalized spacial score (nSPS) is 14.9. The quantitative estimate of drug-likeness (QED) is 0.828. The van der Waals surface area contributed by atoms with Gasteiger partial charge in [0.15, 0.2) is 0 Å². The SMILES string of the molecule is CCC(C)c1nncn1C(CC(C)C)C(=O)O. The number of carboxylic acid groups (broad SMARTS) is 1. The fourth-order valence-electron chi connectivity index (χ4n) is 1.81. The van der Waals surface area contributed by atoms with Crippen molar-refractivity contribution in [2.45, 2.75) is 52.5 Å². The number of nitrogens with zero attached hydrogens (tertiary/aromatic N) is 3. The number of carbonyl (C=O) groups is 1. The van der Waals surface area contributed by atoms with Crippen molar-refractivity contribution >= 4 is 5.97 Å². The van der Waals surface area contributed by atoms with Crippen LogP contribution in [0.15, 0.2) is 6.33 Å². The topological polar surface area (TPSA) is 68.0 Å². The fraction of sp³-hybridized carbons (Fsp3) is 0.750. The van der Waals surface area contributed by atoms with Crippen molar-refractivity contribution in [2.75, 3.05) is 0 Å². The Morgan fingerprint density at radius 1 is 1.47 bits per heavy atom. The van der Waals surface area contributed by atoms with Gasteiger partial charge < -0.3 is 9.67 Å². The van der Waals surface area contributed by atoms with Crippen LogP contribution in [-0.2, 0) is 4.79 Å². The van der Waals surface area contributed by atoms with Crippen molar-refractivity contribution in [3.05, 3.63) is 12.2 Å². The molecule has 5 heteroatoms. The molecule has 0 aliphatic rings.